The molecular formula is C21H22N4. The van der Waals surface area contributed by atoms with Crippen molar-refractivity contribution in [2.75, 3.05) is 10.2 Å². The molecule has 3 aromatic rings. The molecule has 2 aromatic carbocycles. The molecule has 0 fully saturated rings. The molecule has 0 saturated carbocycles. The van der Waals surface area contributed by atoms with Gasteiger partial charge in [-0.05, 0) is 68.1 Å². The summed E-state index contributed by atoms with van der Waals surface area (Å²) in [5.41, 5.74) is 6.16. The van der Waals surface area contributed by atoms with E-state index in [-0.39, 0.29) is 0 Å². The van der Waals surface area contributed by atoms with Crippen LogP contribution in [0.4, 0.5) is 23.1 Å². The summed E-state index contributed by atoms with van der Waals surface area (Å²) in [5.74, 6) is 1.55. The predicted octanol–water partition coefficient (Wildman–Crippen LogP) is 4.92. The third-order valence-electron chi connectivity index (χ3n) is 4.86. The molecule has 1 aromatic heterocycles. The first-order valence-electron chi connectivity index (χ1n) is 8.66. The van der Waals surface area contributed by atoms with Crippen LogP contribution in [0.3, 0.4) is 0 Å². The highest BCUT2D eigenvalue weighted by Gasteiger charge is 2.27. The van der Waals surface area contributed by atoms with Crippen molar-refractivity contribution in [1.82, 2.24) is 9.97 Å². The highest BCUT2D eigenvalue weighted by molar-refractivity contribution is 5.69. The average Bonchev–Trinajstić information content (AvgIpc) is 2.94. The van der Waals surface area contributed by atoms with Crippen molar-refractivity contribution >= 4 is 23.1 Å². The van der Waals surface area contributed by atoms with Crippen LogP contribution < -0.4 is 10.2 Å². The number of hydrogen-bond acceptors (Lipinski definition) is 4. The van der Waals surface area contributed by atoms with Crippen LogP contribution >= 0.6 is 0 Å². The molecule has 1 N–H and O–H groups in total. The van der Waals surface area contributed by atoms with Crippen molar-refractivity contribution in [3.05, 3.63) is 71.4 Å². The average molecular weight is 330 g/mol. The van der Waals surface area contributed by atoms with E-state index in [0.29, 0.717) is 12.0 Å². The topological polar surface area (TPSA) is 41.1 Å². The van der Waals surface area contributed by atoms with E-state index in [9.17, 15) is 0 Å². The summed E-state index contributed by atoms with van der Waals surface area (Å²) in [7, 11) is 0. The molecule has 1 unspecified atom stereocenters. The molecule has 2 heterocycles. The zero-order valence-corrected chi connectivity index (χ0v) is 14.8. The second kappa shape index (κ2) is 6.20. The van der Waals surface area contributed by atoms with E-state index in [4.69, 9.17) is 4.98 Å². The molecule has 0 amide bonds. The Morgan fingerprint density at radius 1 is 1.04 bits per heavy atom. The SMILES string of the molecule is Cc1ccc(Nc2nccc(N3c4ccccc4CC3C)n2)cc1C. The zero-order valence-electron chi connectivity index (χ0n) is 14.8. The maximum atomic E-state index is 4.76. The van der Waals surface area contributed by atoms with Crippen LogP contribution in [0.15, 0.2) is 54.7 Å². The molecule has 0 radical (unpaired) electrons. The Morgan fingerprint density at radius 2 is 1.88 bits per heavy atom. The van der Waals surface area contributed by atoms with Gasteiger partial charge in [-0.1, -0.05) is 24.3 Å². The Labute approximate surface area is 148 Å². The van der Waals surface area contributed by atoms with Gasteiger partial charge in [0.25, 0.3) is 0 Å². The van der Waals surface area contributed by atoms with E-state index in [0.717, 1.165) is 17.9 Å². The summed E-state index contributed by atoms with van der Waals surface area (Å²) in [5, 5.41) is 3.33. The van der Waals surface area contributed by atoms with Gasteiger partial charge in [0.15, 0.2) is 0 Å². The van der Waals surface area contributed by atoms with Gasteiger partial charge in [-0.25, -0.2) is 4.98 Å². The molecule has 0 saturated heterocycles. The lowest BCUT2D eigenvalue weighted by atomic mass is 10.1. The minimum Gasteiger partial charge on any atom is -0.324 e. The van der Waals surface area contributed by atoms with Crippen molar-refractivity contribution in [2.45, 2.75) is 33.2 Å². The van der Waals surface area contributed by atoms with Gasteiger partial charge in [0, 0.05) is 23.6 Å². The lowest BCUT2D eigenvalue weighted by molar-refractivity contribution is 0.749. The second-order valence-corrected chi connectivity index (χ2v) is 6.71. The minimum atomic E-state index is 0.391. The van der Waals surface area contributed by atoms with E-state index in [1.165, 1.54) is 22.4 Å². The largest absolute Gasteiger partial charge is 0.324 e. The smallest absolute Gasteiger partial charge is 0.229 e. The minimum absolute atomic E-state index is 0.391. The molecule has 0 bridgehead atoms. The third kappa shape index (κ3) is 2.95. The number of aryl methyl sites for hydroxylation is 2. The molecular weight excluding hydrogens is 308 g/mol. The van der Waals surface area contributed by atoms with E-state index in [2.05, 4.69) is 78.4 Å². The lowest BCUT2D eigenvalue weighted by Crippen LogP contribution is -2.25. The maximum Gasteiger partial charge on any atom is 0.229 e. The quantitative estimate of drug-likeness (QED) is 0.740. The number of nitrogens with one attached hydrogen (secondary N) is 1. The van der Waals surface area contributed by atoms with Crippen LogP contribution in [-0.4, -0.2) is 16.0 Å². The third-order valence-corrected chi connectivity index (χ3v) is 4.86. The normalized spacial score (nSPS) is 16.0. The predicted molar refractivity (Wildman–Crippen MR) is 103 cm³/mol. The molecule has 25 heavy (non-hydrogen) atoms. The number of fused-ring (bicyclic) bond motifs is 1. The van der Waals surface area contributed by atoms with Gasteiger partial charge in [-0.2, -0.15) is 4.98 Å². The summed E-state index contributed by atoms with van der Waals surface area (Å²) < 4.78 is 0. The number of anilines is 4. The zero-order chi connectivity index (χ0) is 17.4. The molecule has 1 atom stereocenters. The van der Waals surface area contributed by atoms with Gasteiger partial charge in [0.2, 0.25) is 5.95 Å². The number of nitrogens with zero attached hydrogens (tertiary/aromatic N) is 3. The van der Waals surface area contributed by atoms with Crippen molar-refractivity contribution in [2.24, 2.45) is 0 Å². The summed E-state index contributed by atoms with van der Waals surface area (Å²) in [6.07, 6.45) is 2.86. The van der Waals surface area contributed by atoms with Crippen molar-refractivity contribution in [3.8, 4) is 0 Å². The Hall–Kier alpha value is -2.88. The van der Waals surface area contributed by atoms with Crippen LogP contribution in [0.1, 0.15) is 23.6 Å². The van der Waals surface area contributed by atoms with Gasteiger partial charge in [0.05, 0.1) is 0 Å². The number of benzene rings is 2. The maximum absolute atomic E-state index is 4.76. The second-order valence-electron chi connectivity index (χ2n) is 6.71. The van der Waals surface area contributed by atoms with Crippen LogP contribution in [0.5, 0.6) is 0 Å². The molecule has 4 nitrogen and oxygen atoms in total. The highest BCUT2D eigenvalue weighted by atomic mass is 15.3. The molecule has 126 valence electrons. The Bertz CT molecular complexity index is 919. The fourth-order valence-corrected chi connectivity index (χ4v) is 3.41. The summed E-state index contributed by atoms with van der Waals surface area (Å²) in [6.45, 7) is 6.46. The number of hydrogen-bond donors (Lipinski definition) is 1. The molecule has 0 aliphatic carbocycles. The van der Waals surface area contributed by atoms with Crippen LogP contribution in [-0.2, 0) is 6.42 Å². The Balaban J connectivity index is 1.65. The summed E-state index contributed by atoms with van der Waals surface area (Å²) >= 11 is 0. The Morgan fingerprint density at radius 3 is 2.72 bits per heavy atom. The first kappa shape index (κ1) is 15.6. The number of para-hydroxylation sites is 1. The van der Waals surface area contributed by atoms with E-state index in [1.807, 2.05) is 12.3 Å². The summed E-state index contributed by atoms with van der Waals surface area (Å²) in [4.78, 5) is 11.4. The fraction of sp³-hybridized carbons (Fsp3) is 0.238. The molecule has 4 rings (SSSR count). The standard InChI is InChI=1S/C21H22N4/c1-14-8-9-18(12-15(14)2)23-21-22-11-10-20(24-21)25-16(3)13-17-6-4-5-7-19(17)25/h4-12,16H,13H2,1-3H3,(H,22,23,24). The van der Waals surface area contributed by atoms with Crippen molar-refractivity contribution in [3.63, 3.8) is 0 Å². The van der Waals surface area contributed by atoms with Crippen LogP contribution in [0.25, 0.3) is 0 Å². The van der Waals surface area contributed by atoms with Crippen LogP contribution in [0.2, 0.25) is 0 Å². The van der Waals surface area contributed by atoms with Crippen LogP contribution in [0, 0.1) is 13.8 Å². The van der Waals surface area contributed by atoms with E-state index in [1.54, 1.807) is 0 Å². The monoisotopic (exact) mass is 330 g/mol. The van der Waals surface area contributed by atoms with E-state index < -0.39 is 0 Å². The number of rotatable bonds is 3. The Kier molecular flexibility index (Phi) is 3.88. The molecule has 0 spiro atoms. The number of aromatic nitrogens is 2. The van der Waals surface area contributed by atoms with Gasteiger partial charge in [-0.3, -0.25) is 0 Å². The first-order valence-corrected chi connectivity index (χ1v) is 8.66. The lowest BCUT2D eigenvalue weighted by Gasteiger charge is -2.24. The fourth-order valence-electron chi connectivity index (χ4n) is 3.41. The molecule has 1 aliphatic rings. The van der Waals surface area contributed by atoms with Gasteiger partial charge < -0.3 is 10.2 Å². The highest BCUT2D eigenvalue weighted by Crippen LogP contribution is 2.37. The summed E-state index contributed by atoms with van der Waals surface area (Å²) in [6, 6.07) is 17.2. The van der Waals surface area contributed by atoms with Crippen molar-refractivity contribution in [1.29, 1.82) is 0 Å². The molecule has 4 heteroatoms. The van der Waals surface area contributed by atoms with Gasteiger partial charge in [-0.15, -0.1) is 0 Å². The van der Waals surface area contributed by atoms with E-state index >= 15 is 0 Å². The first-order chi connectivity index (χ1) is 12.1. The molecule has 1 aliphatic heterocycles. The van der Waals surface area contributed by atoms with Crippen molar-refractivity contribution < 1.29 is 0 Å². The van der Waals surface area contributed by atoms with Gasteiger partial charge >= 0.3 is 0 Å². The van der Waals surface area contributed by atoms with Gasteiger partial charge in [0.1, 0.15) is 5.82 Å².